The monoisotopic (exact) mass is 1220 g/mol. The number of esters is 1. The van der Waals surface area contributed by atoms with Crippen LogP contribution in [0.3, 0.4) is 0 Å². The lowest BCUT2D eigenvalue weighted by molar-refractivity contribution is -0.143. The molecule has 0 heterocycles. The molecule has 6 heteroatoms. The first kappa shape index (κ1) is 85.1. The highest BCUT2D eigenvalue weighted by atomic mass is 16.5. The Morgan fingerprint density at radius 3 is 0.816 bits per heavy atom. The number of amides is 1. The van der Waals surface area contributed by atoms with Crippen molar-refractivity contribution in [2.75, 3.05) is 13.2 Å². The van der Waals surface area contributed by atoms with Gasteiger partial charge in [0.05, 0.1) is 25.4 Å². The molecule has 0 aliphatic heterocycles. The topological polar surface area (TPSA) is 95.9 Å². The summed E-state index contributed by atoms with van der Waals surface area (Å²) in [5, 5.41) is 23.3. The van der Waals surface area contributed by atoms with Crippen molar-refractivity contribution in [3.63, 3.8) is 0 Å². The Hall–Kier alpha value is -1.92. The summed E-state index contributed by atoms with van der Waals surface area (Å²) in [5.74, 6) is -0.0488. The zero-order chi connectivity index (χ0) is 62.8. The third-order valence-electron chi connectivity index (χ3n) is 18.6. The van der Waals surface area contributed by atoms with Crippen LogP contribution in [0.4, 0.5) is 0 Å². The molecule has 0 radical (unpaired) electrons. The smallest absolute Gasteiger partial charge is 0.305 e. The van der Waals surface area contributed by atoms with Crippen molar-refractivity contribution >= 4 is 11.9 Å². The van der Waals surface area contributed by atoms with Gasteiger partial charge in [0.25, 0.3) is 0 Å². The van der Waals surface area contributed by atoms with Crippen LogP contribution >= 0.6 is 0 Å². The largest absolute Gasteiger partial charge is 0.466 e. The average molecular weight is 1220 g/mol. The van der Waals surface area contributed by atoms with Gasteiger partial charge >= 0.3 is 5.97 Å². The minimum atomic E-state index is -0.847. The number of hydrogen-bond donors (Lipinski definition) is 3. The van der Waals surface area contributed by atoms with Crippen molar-refractivity contribution in [2.24, 2.45) is 0 Å². The van der Waals surface area contributed by atoms with Gasteiger partial charge in [0.1, 0.15) is 0 Å². The standard InChI is InChI=1S/C81H155NO5/c1-3-5-7-9-11-13-15-17-19-21-23-24-25-31-34-38-41-45-49-53-57-61-65-69-73-79(84)78(77-83)82-80(85)74-70-66-62-58-54-50-46-42-39-35-32-29-27-26-28-30-33-36-40-44-48-52-56-60-64-68-72-76-87-81(86)75-71-67-63-59-55-51-47-43-37-22-20-18-16-14-12-10-8-6-4-2/h18,20,26-27,69,73,78-79,83-84H,3-17,19,21-25,28-68,70-72,74-77H2,1-2H3,(H,82,85)/b20-18-,27-26-,73-69+. The average Bonchev–Trinajstić information content (AvgIpc) is 3.58. The predicted octanol–water partition coefficient (Wildman–Crippen LogP) is 26.2. The second-order valence-electron chi connectivity index (χ2n) is 27.4. The molecule has 514 valence electrons. The number of carbonyl (C=O) groups is 2. The van der Waals surface area contributed by atoms with Gasteiger partial charge in [-0.15, -0.1) is 0 Å². The minimum Gasteiger partial charge on any atom is -0.466 e. The number of allylic oxidation sites excluding steroid dienone is 5. The highest BCUT2D eigenvalue weighted by Crippen LogP contribution is 2.19. The summed E-state index contributed by atoms with van der Waals surface area (Å²) in [5.41, 5.74) is 0. The van der Waals surface area contributed by atoms with Crippen LogP contribution in [-0.4, -0.2) is 47.4 Å². The number of rotatable bonds is 75. The number of nitrogens with one attached hydrogen (secondary N) is 1. The van der Waals surface area contributed by atoms with Crippen LogP contribution in [0.1, 0.15) is 444 Å². The number of hydrogen-bond acceptors (Lipinski definition) is 5. The lowest BCUT2D eigenvalue weighted by atomic mass is 10.0. The molecule has 1 amide bonds. The molecule has 0 spiro atoms. The molecule has 3 N–H and O–H groups in total. The highest BCUT2D eigenvalue weighted by Gasteiger charge is 2.18. The van der Waals surface area contributed by atoms with Crippen molar-refractivity contribution < 1.29 is 24.5 Å². The summed E-state index contributed by atoms with van der Waals surface area (Å²) in [6.45, 7) is 4.95. The Morgan fingerprint density at radius 2 is 0.540 bits per heavy atom. The van der Waals surface area contributed by atoms with Crippen molar-refractivity contribution in [1.29, 1.82) is 0 Å². The molecule has 87 heavy (non-hydrogen) atoms. The van der Waals surface area contributed by atoms with Gasteiger partial charge in [-0.2, -0.15) is 0 Å². The summed E-state index contributed by atoms with van der Waals surface area (Å²) < 4.78 is 5.51. The third-order valence-corrected chi connectivity index (χ3v) is 18.6. The lowest BCUT2D eigenvalue weighted by Crippen LogP contribution is -2.45. The first-order valence-corrected chi connectivity index (χ1v) is 39.8. The molecule has 2 atom stereocenters. The van der Waals surface area contributed by atoms with Crippen molar-refractivity contribution in [2.45, 2.75) is 456 Å². The maximum absolute atomic E-state index is 12.6. The number of aliphatic hydroxyl groups is 2. The van der Waals surface area contributed by atoms with Crippen LogP contribution in [0.25, 0.3) is 0 Å². The molecule has 2 unspecified atom stereocenters. The zero-order valence-corrected chi connectivity index (χ0v) is 59.0. The Kier molecular flexibility index (Phi) is 74.8. The fourth-order valence-electron chi connectivity index (χ4n) is 12.6. The van der Waals surface area contributed by atoms with Gasteiger partial charge in [0.2, 0.25) is 5.91 Å². The molecule has 6 nitrogen and oxygen atoms in total. The van der Waals surface area contributed by atoms with E-state index in [-0.39, 0.29) is 18.5 Å². The molecular weight excluding hydrogens is 1070 g/mol. The van der Waals surface area contributed by atoms with E-state index in [1.165, 1.54) is 379 Å². The lowest BCUT2D eigenvalue weighted by Gasteiger charge is -2.20. The van der Waals surface area contributed by atoms with Crippen LogP contribution < -0.4 is 5.32 Å². The van der Waals surface area contributed by atoms with E-state index in [2.05, 4.69) is 43.5 Å². The van der Waals surface area contributed by atoms with E-state index < -0.39 is 12.1 Å². The van der Waals surface area contributed by atoms with E-state index >= 15 is 0 Å². The molecule has 0 aromatic carbocycles. The summed E-state index contributed by atoms with van der Waals surface area (Å²) >= 11 is 0. The summed E-state index contributed by atoms with van der Waals surface area (Å²) in [6.07, 6.45) is 99.7. The summed E-state index contributed by atoms with van der Waals surface area (Å²) in [4.78, 5) is 24.7. The van der Waals surface area contributed by atoms with E-state index in [0.717, 1.165) is 38.5 Å². The van der Waals surface area contributed by atoms with Crippen LogP contribution in [-0.2, 0) is 14.3 Å². The maximum atomic E-state index is 12.6. The maximum Gasteiger partial charge on any atom is 0.305 e. The molecular formula is C81H155NO5. The van der Waals surface area contributed by atoms with Gasteiger partial charge in [0.15, 0.2) is 0 Å². The summed E-state index contributed by atoms with van der Waals surface area (Å²) in [7, 11) is 0. The molecule has 0 fully saturated rings. The molecule has 0 aliphatic rings. The van der Waals surface area contributed by atoms with Gasteiger partial charge < -0.3 is 20.3 Å². The van der Waals surface area contributed by atoms with E-state index in [9.17, 15) is 19.8 Å². The number of unbranched alkanes of at least 4 members (excludes halogenated alkanes) is 60. The van der Waals surface area contributed by atoms with E-state index in [4.69, 9.17) is 4.74 Å². The quantitative estimate of drug-likeness (QED) is 0.0320. The van der Waals surface area contributed by atoms with E-state index in [1.54, 1.807) is 6.08 Å². The molecule has 0 rings (SSSR count). The normalized spacial score (nSPS) is 12.6. The van der Waals surface area contributed by atoms with Crippen molar-refractivity contribution in [3.05, 3.63) is 36.5 Å². The summed E-state index contributed by atoms with van der Waals surface area (Å²) in [6, 6.07) is -0.630. The Balaban J connectivity index is 3.40. The SMILES string of the molecule is CCCCCCCC/C=C\CCCCCCCCCCCC(=O)OCCCCCCCCCCCCCC/C=C\CCCCCCCCCCCCCC(=O)NC(CO)C(O)/C=C/CCCCCCCCCCCCCCCCCCCCCCCC. The van der Waals surface area contributed by atoms with Crippen molar-refractivity contribution in [1.82, 2.24) is 5.32 Å². The fourth-order valence-corrected chi connectivity index (χ4v) is 12.6. The molecule has 0 bridgehead atoms. The van der Waals surface area contributed by atoms with Crippen LogP contribution in [0.5, 0.6) is 0 Å². The Morgan fingerprint density at radius 1 is 0.310 bits per heavy atom. The van der Waals surface area contributed by atoms with E-state index in [1.807, 2.05) is 6.08 Å². The second kappa shape index (κ2) is 76.5. The predicted molar refractivity (Wildman–Crippen MR) is 384 cm³/mol. The van der Waals surface area contributed by atoms with Gasteiger partial charge in [-0.05, 0) is 83.5 Å². The van der Waals surface area contributed by atoms with Gasteiger partial charge in [-0.25, -0.2) is 0 Å². The van der Waals surface area contributed by atoms with Gasteiger partial charge in [-0.3, -0.25) is 9.59 Å². The molecule has 0 saturated heterocycles. The minimum absolute atomic E-state index is 0.0152. The first-order chi connectivity index (χ1) is 43.0. The fraction of sp³-hybridized carbons (Fsp3) is 0.901. The Labute approximate surface area is 544 Å². The van der Waals surface area contributed by atoms with Crippen LogP contribution in [0.15, 0.2) is 36.5 Å². The van der Waals surface area contributed by atoms with Gasteiger partial charge in [0, 0.05) is 12.8 Å². The van der Waals surface area contributed by atoms with Crippen LogP contribution in [0, 0.1) is 0 Å². The molecule has 0 saturated carbocycles. The van der Waals surface area contributed by atoms with Gasteiger partial charge in [-0.1, -0.05) is 384 Å². The molecule has 0 aromatic rings. The zero-order valence-electron chi connectivity index (χ0n) is 59.0. The van der Waals surface area contributed by atoms with Crippen molar-refractivity contribution in [3.8, 4) is 0 Å². The number of ether oxygens (including phenoxy) is 1. The van der Waals surface area contributed by atoms with Crippen LogP contribution in [0.2, 0.25) is 0 Å². The first-order valence-electron chi connectivity index (χ1n) is 39.8. The highest BCUT2D eigenvalue weighted by molar-refractivity contribution is 5.76. The van der Waals surface area contributed by atoms with E-state index in [0.29, 0.717) is 19.4 Å². The molecule has 0 aliphatic carbocycles. The Bertz CT molecular complexity index is 1410. The second-order valence-corrected chi connectivity index (χ2v) is 27.4. The molecule has 0 aromatic heterocycles. The number of aliphatic hydroxyl groups excluding tert-OH is 2. The number of carbonyl (C=O) groups excluding carboxylic acids is 2. The third kappa shape index (κ3) is 73.0.